The first-order chi connectivity index (χ1) is 11.5. The highest BCUT2D eigenvalue weighted by molar-refractivity contribution is 6.31. The molecule has 0 bridgehead atoms. The summed E-state index contributed by atoms with van der Waals surface area (Å²) in [5, 5.41) is 0.621. The molecule has 2 amide bonds. The molecule has 2 rings (SSSR count). The van der Waals surface area contributed by atoms with Crippen LogP contribution < -0.4 is 20.3 Å². The van der Waals surface area contributed by atoms with Gasteiger partial charge in [-0.15, -0.1) is 0 Å². The van der Waals surface area contributed by atoms with Crippen molar-refractivity contribution in [2.45, 2.75) is 6.92 Å². The predicted molar refractivity (Wildman–Crippen MR) is 90.3 cm³/mol. The number of hydrogen-bond acceptors (Lipinski definition) is 4. The summed E-state index contributed by atoms with van der Waals surface area (Å²) in [6.45, 7) is 1.59. The fourth-order valence-electron chi connectivity index (χ4n) is 1.92. The number of hydrogen-bond donors (Lipinski definition) is 2. The number of rotatable bonds is 5. The Morgan fingerprint density at radius 2 is 1.88 bits per heavy atom. The van der Waals surface area contributed by atoms with Crippen LogP contribution in [0.1, 0.15) is 15.9 Å². The van der Waals surface area contributed by atoms with E-state index in [-0.39, 0.29) is 6.61 Å². The van der Waals surface area contributed by atoms with Crippen molar-refractivity contribution in [1.29, 1.82) is 0 Å². The van der Waals surface area contributed by atoms with Crippen molar-refractivity contribution in [3.8, 4) is 11.5 Å². The minimum atomic E-state index is -0.495. The predicted octanol–water partition coefficient (Wildman–Crippen LogP) is 2.50. The standard InChI is InChI=1S/C17H17ClN2O4/c1-11-9-12(7-8-14(11)18)24-10-16(21)19-20-17(22)13-5-3-4-6-15(13)23-2/h3-9H,10H2,1-2H3,(H,19,21)(H,20,22). The molecule has 2 aromatic rings. The Morgan fingerprint density at radius 1 is 1.12 bits per heavy atom. The lowest BCUT2D eigenvalue weighted by Gasteiger charge is -2.11. The number of para-hydroxylation sites is 1. The number of amides is 2. The molecule has 0 saturated carbocycles. The van der Waals surface area contributed by atoms with Crippen molar-refractivity contribution in [1.82, 2.24) is 10.9 Å². The molecule has 126 valence electrons. The van der Waals surface area contributed by atoms with Gasteiger partial charge in [0.25, 0.3) is 11.8 Å². The topological polar surface area (TPSA) is 76.7 Å². The number of aryl methyl sites for hydroxylation is 1. The first-order valence-electron chi connectivity index (χ1n) is 7.12. The molecule has 2 N–H and O–H groups in total. The summed E-state index contributed by atoms with van der Waals surface area (Å²) in [6, 6.07) is 11.8. The summed E-state index contributed by atoms with van der Waals surface area (Å²) in [4.78, 5) is 23.8. The Kier molecular flexibility index (Phi) is 6.03. The van der Waals surface area contributed by atoms with E-state index in [9.17, 15) is 9.59 Å². The van der Waals surface area contributed by atoms with E-state index in [0.29, 0.717) is 22.1 Å². The highest BCUT2D eigenvalue weighted by atomic mass is 35.5. The summed E-state index contributed by atoms with van der Waals surface area (Å²) in [5.74, 6) is -0.0470. The highest BCUT2D eigenvalue weighted by Crippen LogP contribution is 2.21. The van der Waals surface area contributed by atoms with Crippen molar-refractivity contribution in [2.24, 2.45) is 0 Å². The van der Waals surface area contributed by atoms with Crippen LogP contribution in [0.3, 0.4) is 0 Å². The van der Waals surface area contributed by atoms with E-state index in [2.05, 4.69) is 10.9 Å². The van der Waals surface area contributed by atoms with Crippen molar-refractivity contribution < 1.29 is 19.1 Å². The number of ether oxygens (including phenoxy) is 2. The molecule has 0 radical (unpaired) electrons. The number of benzene rings is 2. The Hall–Kier alpha value is -2.73. The quantitative estimate of drug-likeness (QED) is 0.814. The Balaban J connectivity index is 1.84. The monoisotopic (exact) mass is 348 g/mol. The van der Waals surface area contributed by atoms with E-state index in [1.807, 2.05) is 6.92 Å². The van der Waals surface area contributed by atoms with Gasteiger partial charge in [0.15, 0.2) is 6.61 Å². The molecular formula is C17H17ClN2O4. The van der Waals surface area contributed by atoms with E-state index in [1.54, 1.807) is 42.5 Å². The van der Waals surface area contributed by atoms with Crippen molar-refractivity contribution in [3.63, 3.8) is 0 Å². The normalized spacial score (nSPS) is 9.96. The molecule has 0 heterocycles. The number of nitrogens with one attached hydrogen (secondary N) is 2. The second-order valence-electron chi connectivity index (χ2n) is 4.90. The average Bonchev–Trinajstić information content (AvgIpc) is 2.60. The van der Waals surface area contributed by atoms with Crippen LogP contribution in [-0.2, 0) is 4.79 Å². The van der Waals surface area contributed by atoms with Crippen LogP contribution >= 0.6 is 11.6 Å². The third-order valence-electron chi connectivity index (χ3n) is 3.17. The lowest BCUT2D eigenvalue weighted by atomic mass is 10.2. The van der Waals surface area contributed by atoms with E-state index >= 15 is 0 Å². The molecule has 0 aliphatic carbocycles. The van der Waals surface area contributed by atoms with Crippen molar-refractivity contribution in [2.75, 3.05) is 13.7 Å². The van der Waals surface area contributed by atoms with Crippen LogP contribution in [0.4, 0.5) is 0 Å². The molecule has 24 heavy (non-hydrogen) atoms. The Bertz CT molecular complexity index is 749. The Labute approximate surface area is 144 Å². The second kappa shape index (κ2) is 8.21. The third-order valence-corrected chi connectivity index (χ3v) is 3.59. The van der Waals surface area contributed by atoms with Gasteiger partial charge < -0.3 is 9.47 Å². The van der Waals surface area contributed by atoms with Gasteiger partial charge >= 0.3 is 0 Å². The van der Waals surface area contributed by atoms with Crippen LogP contribution in [-0.4, -0.2) is 25.5 Å². The molecule has 0 fully saturated rings. The molecule has 0 aromatic heterocycles. The maximum absolute atomic E-state index is 12.0. The SMILES string of the molecule is COc1ccccc1C(=O)NNC(=O)COc1ccc(Cl)c(C)c1. The second-order valence-corrected chi connectivity index (χ2v) is 5.31. The highest BCUT2D eigenvalue weighted by Gasteiger charge is 2.12. The first-order valence-corrected chi connectivity index (χ1v) is 7.50. The molecule has 0 saturated heterocycles. The zero-order valence-corrected chi connectivity index (χ0v) is 14.0. The van der Waals surface area contributed by atoms with Gasteiger partial charge in [-0.3, -0.25) is 20.4 Å². The zero-order valence-electron chi connectivity index (χ0n) is 13.3. The first kappa shape index (κ1) is 17.6. The molecule has 0 unspecified atom stereocenters. The lowest BCUT2D eigenvalue weighted by molar-refractivity contribution is -0.123. The van der Waals surface area contributed by atoms with Crippen LogP contribution in [0.15, 0.2) is 42.5 Å². The van der Waals surface area contributed by atoms with Gasteiger partial charge in [0.05, 0.1) is 12.7 Å². The summed E-state index contributed by atoms with van der Waals surface area (Å²) in [6.07, 6.45) is 0. The minimum absolute atomic E-state index is 0.243. The lowest BCUT2D eigenvalue weighted by Crippen LogP contribution is -2.43. The maximum atomic E-state index is 12.0. The number of halogens is 1. The van der Waals surface area contributed by atoms with Gasteiger partial charge in [-0.05, 0) is 42.8 Å². The zero-order chi connectivity index (χ0) is 17.5. The van der Waals surface area contributed by atoms with Gasteiger partial charge in [0.2, 0.25) is 0 Å². The maximum Gasteiger partial charge on any atom is 0.276 e. The van der Waals surface area contributed by atoms with Crippen LogP contribution in [0, 0.1) is 6.92 Å². The van der Waals surface area contributed by atoms with Gasteiger partial charge in [0.1, 0.15) is 11.5 Å². The summed E-state index contributed by atoms with van der Waals surface area (Å²) < 4.78 is 10.4. The number of hydrazine groups is 1. The molecule has 6 nitrogen and oxygen atoms in total. The molecule has 2 aromatic carbocycles. The minimum Gasteiger partial charge on any atom is -0.496 e. The van der Waals surface area contributed by atoms with E-state index in [1.165, 1.54) is 7.11 Å². The summed E-state index contributed by atoms with van der Waals surface area (Å²) in [5.41, 5.74) is 5.75. The van der Waals surface area contributed by atoms with E-state index in [0.717, 1.165) is 5.56 Å². The molecular weight excluding hydrogens is 332 g/mol. The molecule has 0 atom stereocenters. The molecule has 0 aliphatic heterocycles. The Morgan fingerprint density at radius 3 is 2.58 bits per heavy atom. The van der Waals surface area contributed by atoms with Crippen LogP contribution in [0.5, 0.6) is 11.5 Å². The fraction of sp³-hybridized carbons (Fsp3) is 0.176. The number of carbonyl (C=O) groups is 2. The number of carbonyl (C=O) groups excluding carboxylic acids is 2. The van der Waals surface area contributed by atoms with Gasteiger partial charge in [-0.25, -0.2) is 0 Å². The average molecular weight is 349 g/mol. The van der Waals surface area contributed by atoms with Crippen molar-refractivity contribution >= 4 is 23.4 Å². The van der Waals surface area contributed by atoms with Gasteiger partial charge in [-0.1, -0.05) is 23.7 Å². The molecule has 0 spiro atoms. The van der Waals surface area contributed by atoms with Gasteiger partial charge in [0, 0.05) is 5.02 Å². The summed E-state index contributed by atoms with van der Waals surface area (Å²) >= 11 is 5.92. The van der Waals surface area contributed by atoms with Crippen LogP contribution in [0.2, 0.25) is 5.02 Å². The van der Waals surface area contributed by atoms with Gasteiger partial charge in [-0.2, -0.15) is 0 Å². The summed E-state index contributed by atoms with van der Waals surface area (Å²) in [7, 11) is 1.46. The molecule has 0 aliphatic rings. The third kappa shape index (κ3) is 4.63. The smallest absolute Gasteiger partial charge is 0.276 e. The van der Waals surface area contributed by atoms with E-state index < -0.39 is 11.8 Å². The molecule has 7 heteroatoms. The number of methoxy groups -OCH3 is 1. The van der Waals surface area contributed by atoms with E-state index in [4.69, 9.17) is 21.1 Å². The largest absolute Gasteiger partial charge is 0.496 e. The fourth-order valence-corrected chi connectivity index (χ4v) is 2.04. The van der Waals surface area contributed by atoms with Crippen LogP contribution in [0.25, 0.3) is 0 Å². The van der Waals surface area contributed by atoms with Crippen molar-refractivity contribution in [3.05, 3.63) is 58.6 Å².